The van der Waals surface area contributed by atoms with Crippen LogP contribution in [-0.4, -0.2) is 21.3 Å². The van der Waals surface area contributed by atoms with Crippen molar-refractivity contribution in [3.8, 4) is 5.88 Å². The van der Waals surface area contributed by atoms with Crippen LogP contribution in [0.1, 0.15) is 12.7 Å². The van der Waals surface area contributed by atoms with E-state index in [0.717, 1.165) is 0 Å². The number of aliphatic hydroxyl groups excluding tert-OH is 1. The van der Waals surface area contributed by atoms with Crippen LogP contribution in [0.4, 0.5) is 0 Å². The van der Waals surface area contributed by atoms with Gasteiger partial charge in [0.05, 0.1) is 0 Å². The van der Waals surface area contributed by atoms with Gasteiger partial charge in [0.15, 0.2) is 12.1 Å². The summed E-state index contributed by atoms with van der Waals surface area (Å²) in [5.74, 6) is 0.467. The van der Waals surface area contributed by atoms with Gasteiger partial charge in [-0.15, -0.1) is 12.6 Å². The van der Waals surface area contributed by atoms with Crippen LogP contribution < -0.4 is 10.1 Å². The van der Waals surface area contributed by atoms with E-state index in [1.165, 1.54) is 6.07 Å². The number of ether oxygens (including phenoxy) is 1. The molecular formula is C13H16ClN3O2S. The van der Waals surface area contributed by atoms with Gasteiger partial charge in [0.1, 0.15) is 11.8 Å². The van der Waals surface area contributed by atoms with Crippen molar-refractivity contribution in [2.75, 3.05) is 0 Å². The Morgan fingerprint density at radius 3 is 2.85 bits per heavy atom. The van der Waals surface area contributed by atoms with E-state index < -0.39 is 6.23 Å². The van der Waals surface area contributed by atoms with E-state index in [0.29, 0.717) is 10.6 Å². The van der Waals surface area contributed by atoms with Gasteiger partial charge in [-0.2, -0.15) is 4.98 Å². The highest BCUT2D eigenvalue weighted by molar-refractivity contribution is 7.84. The van der Waals surface area contributed by atoms with Crippen molar-refractivity contribution in [1.29, 1.82) is 0 Å². The van der Waals surface area contributed by atoms with Crippen LogP contribution >= 0.6 is 24.2 Å². The second-order valence-corrected chi connectivity index (χ2v) is 4.82. The summed E-state index contributed by atoms with van der Waals surface area (Å²) in [4.78, 5) is 8.44. The third-order valence-corrected chi connectivity index (χ3v) is 2.36. The van der Waals surface area contributed by atoms with Crippen molar-refractivity contribution >= 4 is 24.2 Å². The molecule has 0 aromatic carbocycles. The number of hydrogen-bond acceptors (Lipinski definition) is 6. The number of aromatic nitrogens is 2. The van der Waals surface area contributed by atoms with Gasteiger partial charge in [0, 0.05) is 11.8 Å². The van der Waals surface area contributed by atoms with E-state index in [4.69, 9.17) is 21.4 Å². The van der Waals surface area contributed by atoms with Crippen molar-refractivity contribution in [3.63, 3.8) is 0 Å². The van der Waals surface area contributed by atoms with Crippen LogP contribution in [0.2, 0.25) is 5.15 Å². The summed E-state index contributed by atoms with van der Waals surface area (Å²) in [6.45, 7) is 8.91. The molecule has 2 N–H and O–H groups in total. The number of hydrogen-bond donors (Lipinski definition) is 3. The summed E-state index contributed by atoms with van der Waals surface area (Å²) in [5, 5.41) is 12.2. The molecule has 0 bridgehead atoms. The molecule has 0 aliphatic carbocycles. The Balaban J connectivity index is 2.62. The molecule has 1 aromatic heterocycles. The number of halogens is 1. The lowest BCUT2D eigenvalue weighted by Gasteiger charge is -2.17. The maximum absolute atomic E-state index is 8.99. The molecule has 0 aliphatic rings. The highest BCUT2D eigenvalue weighted by Gasteiger charge is 2.08. The molecule has 108 valence electrons. The first-order valence-electron chi connectivity index (χ1n) is 5.73. The average molecular weight is 314 g/mol. The fraction of sp³-hybridized carbons (Fsp3) is 0.231. The van der Waals surface area contributed by atoms with Gasteiger partial charge in [-0.3, -0.25) is 0 Å². The zero-order valence-electron chi connectivity index (χ0n) is 11.0. The zero-order chi connectivity index (χ0) is 15.1. The summed E-state index contributed by atoms with van der Waals surface area (Å²) in [6.07, 6.45) is 3.04. The Labute approximate surface area is 128 Å². The average Bonchev–Trinajstić information content (AvgIpc) is 2.35. The normalized spacial score (nSPS) is 12.2. The highest BCUT2D eigenvalue weighted by Crippen LogP contribution is 2.15. The summed E-state index contributed by atoms with van der Waals surface area (Å²) in [6, 6.07) is 1.47. The van der Waals surface area contributed by atoms with Crippen LogP contribution in [-0.2, 0) is 6.61 Å². The van der Waals surface area contributed by atoms with Crippen LogP contribution in [0.5, 0.6) is 5.88 Å². The van der Waals surface area contributed by atoms with Gasteiger partial charge >= 0.3 is 0 Å². The minimum Gasteiger partial charge on any atom is -0.454 e. The fourth-order valence-electron chi connectivity index (χ4n) is 1.29. The predicted molar refractivity (Wildman–Crippen MR) is 82.6 cm³/mol. The quantitative estimate of drug-likeness (QED) is 0.312. The first-order valence-corrected chi connectivity index (χ1v) is 6.55. The molecule has 1 heterocycles. The predicted octanol–water partition coefficient (Wildman–Crippen LogP) is 2.45. The van der Waals surface area contributed by atoms with E-state index >= 15 is 0 Å². The van der Waals surface area contributed by atoms with Crippen molar-refractivity contribution in [2.24, 2.45) is 0 Å². The number of rotatable bonds is 7. The largest absolute Gasteiger partial charge is 0.454 e. The molecular weight excluding hydrogens is 298 g/mol. The second kappa shape index (κ2) is 7.94. The highest BCUT2D eigenvalue weighted by atomic mass is 35.5. The lowest BCUT2D eigenvalue weighted by Crippen LogP contribution is -2.30. The van der Waals surface area contributed by atoms with E-state index in [1.807, 2.05) is 0 Å². The fourth-order valence-corrected chi connectivity index (χ4v) is 1.56. The van der Waals surface area contributed by atoms with Gasteiger partial charge in [-0.25, -0.2) is 4.98 Å². The van der Waals surface area contributed by atoms with Crippen molar-refractivity contribution in [1.82, 2.24) is 15.3 Å². The van der Waals surface area contributed by atoms with Crippen molar-refractivity contribution in [3.05, 3.63) is 53.0 Å². The molecule has 0 aliphatic heterocycles. The summed E-state index contributed by atoms with van der Waals surface area (Å²) >= 11 is 9.83. The lowest BCUT2D eigenvalue weighted by molar-refractivity contribution is 0.186. The number of nitrogens with one attached hydrogen (secondary N) is 1. The first kappa shape index (κ1) is 16.6. The van der Waals surface area contributed by atoms with E-state index in [1.54, 1.807) is 19.1 Å². The summed E-state index contributed by atoms with van der Waals surface area (Å²) < 4.78 is 5.52. The minimum atomic E-state index is -0.391. The molecule has 7 heteroatoms. The van der Waals surface area contributed by atoms with Crippen LogP contribution in [0, 0.1) is 0 Å². The molecule has 0 amide bonds. The number of aliphatic hydroxyl groups is 1. The van der Waals surface area contributed by atoms with Crippen LogP contribution in [0.3, 0.4) is 0 Å². The zero-order valence-corrected chi connectivity index (χ0v) is 12.7. The third-order valence-electron chi connectivity index (χ3n) is 2.02. The SMILES string of the molecule is C=C(S)/C=C\C(=C)NC(C)Oc1cc(Cl)nc(CO)n1. The number of allylic oxidation sites excluding steroid dienone is 2. The molecule has 0 radical (unpaired) electrons. The Hall–Kier alpha value is -1.50. The Morgan fingerprint density at radius 2 is 2.25 bits per heavy atom. The molecule has 1 aromatic rings. The molecule has 1 rings (SSSR count). The Kier molecular flexibility index (Phi) is 6.57. The maximum Gasteiger partial charge on any atom is 0.220 e. The van der Waals surface area contributed by atoms with E-state index in [2.05, 4.69) is 41.1 Å². The summed E-state index contributed by atoms with van der Waals surface area (Å²) in [5.41, 5.74) is 0.634. The molecule has 1 unspecified atom stereocenters. The standard InChI is InChI=1S/C13H16ClN3O2S/c1-8(4-5-9(2)20)15-10(3)19-13-6-11(14)16-12(7-18)17-13/h4-6,10,15,18,20H,1-2,7H2,3H3/b5-4-. The lowest BCUT2D eigenvalue weighted by atomic mass is 10.4. The monoisotopic (exact) mass is 313 g/mol. The van der Waals surface area contributed by atoms with Crippen LogP contribution in [0.25, 0.3) is 0 Å². The second-order valence-electron chi connectivity index (χ2n) is 3.86. The first-order chi connectivity index (χ1) is 9.40. The maximum atomic E-state index is 8.99. The third kappa shape index (κ3) is 6.10. The van der Waals surface area contributed by atoms with Crippen molar-refractivity contribution < 1.29 is 9.84 Å². The molecule has 0 saturated heterocycles. The van der Waals surface area contributed by atoms with Crippen molar-refractivity contribution in [2.45, 2.75) is 19.8 Å². The number of nitrogens with zero attached hydrogens (tertiary/aromatic N) is 2. The minimum absolute atomic E-state index is 0.199. The van der Waals surface area contributed by atoms with Gasteiger partial charge in [0.2, 0.25) is 5.88 Å². The molecule has 5 nitrogen and oxygen atoms in total. The molecule has 0 fully saturated rings. The van der Waals surface area contributed by atoms with Gasteiger partial charge < -0.3 is 15.2 Å². The van der Waals surface area contributed by atoms with E-state index in [-0.39, 0.29) is 23.5 Å². The van der Waals surface area contributed by atoms with Gasteiger partial charge in [-0.1, -0.05) is 24.8 Å². The summed E-state index contributed by atoms with van der Waals surface area (Å²) in [7, 11) is 0. The Morgan fingerprint density at radius 1 is 1.55 bits per heavy atom. The molecule has 20 heavy (non-hydrogen) atoms. The van der Waals surface area contributed by atoms with Gasteiger partial charge in [-0.05, 0) is 24.0 Å². The van der Waals surface area contributed by atoms with E-state index in [9.17, 15) is 0 Å². The Bertz CT molecular complexity index is 534. The smallest absolute Gasteiger partial charge is 0.220 e. The topological polar surface area (TPSA) is 67.3 Å². The molecule has 0 spiro atoms. The van der Waals surface area contributed by atoms with Crippen LogP contribution in [0.15, 0.2) is 42.0 Å². The molecule has 1 atom stereocenters. The van der Waals surface area contributed by atoms with Gasteiger partial charge in [0.25, 0.3) is 0 Å². The molecule has 0 saturated carbocycles. The number of thiol groups is 1.